The molecule has 92 valence electrons. The van der Waals surface area contributed by atoms with Crippen molar-refractivity contribution in [3.8, 4) is 0 Å². The number of isothiocyanates is 1. The Morgan fingerprint density at radius 1 is 1.47 bits per heavy atom. The minimum atomic E-state index is -1.01. The molecule has 1 aromatic carbocycles. The Morgan fingerprint density at radius 3 is 2.71 bits per heavy atom. The molecule has 0 fully saturated rings. The van der Waals surface area contributed by atoms with Crippen molar-refractivity contribution in [2.75, 3.05) is 6.54 Å². The van der Waals surface area contributed by atoms with Gasteiger partial charge in [0.25, 0.3) is 0 Å². The summed E-state index contributed by atoms with van der Waals surface area (Å²) in [6, 6.07) is 4.77. The van der Waals surface area contributed by atoms with Crippen LogP contribution in [-0.2, 0) is 0 Å². The molecule has 6 heteroatoms. The number of aliphatic hydroxyl groups excluding tert-OH is 2. The molecule has 0 heterocycles. The van der Waals surface area contributed by atoms with Gasteiger partial charge in [0.1, 0.15) is 6.10 Å². The van der Waals surface area contributed by atoms with Gasteiger partial charge in [0.15, 0.2) is 0 Å². The highest BCUT2D eigenvalue weighted by Gasteiger charge is 2.18. The molecule has 2 atom stereocenters. The first kappa shape index (κ1) is 14.3. The normalized spacial score (nSPS) is 13.9. The molecule has 0 aliphatic rings. The fourth-order valence-corrected chi connectivity index (χ4v) is 1.73. The summed E-state index contributed by atoms with van der Waals surface area (Å²) in [5.41, 5.74) is 6.30. The van der Waals surface area contributed by atoms with Gasteiger partial charge in [-0.05, 0) is 42.9 Å². The zero-order chi connectivity index (χ0) is 12.8. The molecule has 4 nitrogen and oxygen atoms in total. The molecule has 0 aliphatic heterocycles. The Balaban J connectivity index is 2.92. The molecule has 0 saturated heterocycles. The summed E-state index contributed by atoms with van der Waals surface area (Å²) in [5, 5.41) is 22.0. The van der Waals surface area contributed by atoms with E-state index in [0.29, 0.717) is 29.2 Å². The first-order valence-electron chi connectivity index (χ1n) is 5.03. The van der Waals surface area contributed by atoms with E-state index in [-0.39, 0.29) is 0 Å². The lowest BCUT2D eigenvalue weighted by atomic mass is 10.0. The van der Waals surface area contributed by atoms with Crippen LogP contribution in [0, 0.1) is 0 Å². The van der Waals surface area contributed by atoms with Crippen LogP contribution in [0.3, 0.4) is 0 Å². The molecule has 0 aromatic heterocycles. The quantitative estimate of drug-likeness (QED) is 0.564. The van der Waals surface area contributed by atoms with Crippen LogP contribution < -0.4 is 5.73 Å². The van der Waals surface area contributed by atoms with Crippen molar-refractivity contribution in [3.05, 3.63) is 28.8 Å². The maximum Gasteiger partial charge on any atom is 0.105 e. The van der Waals surface area contributed by atoms with Gasteiger partial charge in [0.2, 0.25) is 0 Å². The van der Waals surface area contributed by atoms with Crippen LogP contribution in [0.25, 0.3) is 0 Å². The van der Waals surface area contributed by atoms with Crippen LogP contribution in [0.15, 0.2) is 23.2 Å². The van der Waals surface area contributed by atoms with E-state index >= 15 is 0 Å². The van der Waals surface area contributed by atoms with Crippen molar-refractivity contribution in [2.45, 2.75) is 18.6 Å². The number of thiocarbonyl (C=S) groups is 1. The van der Waals surface area contributed by atoms with Crippen LogP contribution in [0.2, 0.25) is 5.02 Å². The van der Waals surface area contributed by atoms with Gasteiger partial charge >= 0.3 is 0 Å². The van der Waals surface area contributed by atoms with Gasteiger partial charge in [-0.25, -0.2) is 0 Å². The van der Waals surface area contributed by atoms with E-state index in [1.165, 1.54) is 6.07 Å². The third-order valence-corrected chi connectivity index (χ3v) is 2.70. The average molecular weight is 273 g/mol. The lowest BCUT2D eigenvalue weighted by molar-refractivity contribution is 0.0150. The minimum Gasteiger partial charge on any atom is -0.390 e. The third-order valence-electron chi connectivity index (χ3n) is 2.31. The van der Waals surface area contributed by atoms with E-state index in [0.717, 1.165) is 0 Å². The number of aliphatic imine (C=N–C) groups is 1. The van der Waals surface area contributed by atoms with Crippen LogP contribution in [0.1, 0.15) is 18.1 Å². The van der Waals surface area contributed by atoms with Gasteiger partial charge in [0.05, 0.1) is 22.0 Å². The fourth-order valence-electron chi connectivity index (χ4n) is 1.40. The Bertz CT molecular complexity index is 435. The van der Waals surface area contributed by atoms with Crippen molar-refractivity contribution in [1.82, 2.24) is 0 Å². The van der Waals surface area contributed by atoms with Gasteiger partial charge in [-0.1, -0.05) is 17.7 Å². The standard InChI is InChI=1S/C11H13ClN2O2S/c12-8-5-7(1-2-9(8)14-6-17)11(16)10(15)3-4-13/h1-2,5,10-11,15-16H,3-4,13H2. The minimum absolute atomic E-state index is 0.305. The molecular weight excluding hydrogens is 260 g/mol. The highest BCUT2D eigenvalue weighted by molar-refractivity contribution is 7.78. The van der Waals surface area contributed by atoms with Crippen LogP contribution in [0.4, 0.5) is 5.69 Å². The highest BCUT2D eigenvalue weighted by Crippen LogP contribution is 2.29. The Morgan fingerprint density at radius 2 is 2.18 bits per heavy atom. The number of rotatable bonds is 5. The number of nitrogens with zero attached hydrogens (tertiary/aromatic N) is 1. The van der Waals surface area contributed by atoms with Gasteiger partial charge in [-0.3, -0.25) is 0 Å². The second-order valence-electron chi connectivity index (χ2n) is 3.50. The van der Waals surface area contributed by atoms with Crippen molar-refractivity contribution in [3.63, 3.8) is 0 Å². The molecule has 1 rings (SSSR count). The molecule has 0 spiro atoms. The summed E-state index contributed by atoms with van der Waals surface area (Å²) in [6.45, 7) is 0.305. The van der Waals surface area contributed by atoms with Crippen molar-refractivity contribution in [2.24, 2.45) is 10.7 Å². The number of hydrogen-bond acceptors (Lipinski definition) is 5. The molecule has 2 unspecified atom stereocenters. The number of hydrogen-bond donors (Lipinski definition) is 3. The zero-order valence-electron chi connectivity index (χ0n) is 9.01. The summed E-state index contributed by atoms with van der Waals surface area (Å²) in [6.07, 6.45) is -1.60. The number of halogens is 1. The number of benzene rings is 1. The first-order chi connectivity index (χ1) is 8.10. The van der Waals surface area contributed by atoms with Crippen molar-refractivity contribution in [1.29, 1.82) is 0 Å². The molecule has 0 aliphatic carbocycles. The summed E-state index contributed by atoms with van der Waals surface area (Å²) < 4.78 is 0. The molecule has 0 radical (unpaired) electrons. The number of aliphatic hydroxyl groups is 2. The molecule has 0 bridgehead atoms. The summed E-state index contributed by atoms with van der Waals surface area (Å²) >= 11 is 10.4. The summed E-state index contributed by atoms with van der Waals surface area (Å²) in [5.74, 6) is 0. The van der Waals surface area contributed by atoms with E-state index in [2.05, 4.69) is 22.4 Å². The second kappa shape index (κ2) is 6.81. The first-order valence-corrected chi connectivity index (χ1v) is 5.82. The van der Waals surface area contributed by atoms with E-state index in [4.69, 9.17) is 17.3 Å². The smallest absolute Gasteiger partial charge is 0.105 e. The van der Waals surface area contributed by atoms with E-state index in [9.17, 15) is 10.2 Å². The molecule has 1 aromatic rings. The van der Waals surface area contributed by atoms with E-state index < -0.39 is 12.2 Å². The maximum absolute atomic E-state index is 9.83. The Kier molecular flexibility index (Phi) is 5.71. The topological polar surface area (TPSA) is 78.8 Å². The summed E-state index contributed by atoms with van der Waals surface area (Å²) in [7, 11) is 0. The lowest BCUT2D eigenvalue weighted by Crippen LogP contribution is -2.21. The predicted octanol–water partition coefficient (Wildman–Crippen LogP) is 1.82. The van der Waals surface area contributed by atoms with Crippen LogP contribution in [0.5, 0.6) is 0 Å². The van der Waals surface area contributed by atoms with Crippen molar-refractivity contribution < 1.29 is 10.2 Å². The Labute approximate surface area is 110 Å². The molecular formula is C11H13ClN2O2S. The van der Waals surface area contributed by atoms with Gasteiger partial charge < -0.3 is 15.9 Å². The zero-order valence-corrected chi connectivity index (χ0v) is 10.6. The van der Waals surface area contributed by atoms with Gasteiger partial charge in [-0.2, -0.15) is 4.99 Å². The molecule has 17 heavy (non-hydrogen) atoms. The monoisotopic (exact) mass is 272 g/mol. The largest absolute Gasteiger partial charge is 0.390 e. The fraction of sp³-hybridized carbons (Fsp3) is 0.364. The highest BCUT2D eigenvalue weighted by atomic mass is 35.5. The second-order valence-corrected chi connectivity index (χ2v) is 4.09. The lowest BCUT2D eigenvalue weighted by Gasteiger charge is -2.17. The van der Waals surface area contributed by atoms with E-state index in [1.54, 1.807) is 12.1 Å². The Hall–Kier alpha value is -0.810. The van der Waals surface area contributed by atoms with Crippen molar-refractivity contribution >= 4 is 34.7 Å². The predicted molar refractivity (Wildman–Crippen MR) is 70.8 cm³/mol. The van der Waals surface area contributed by atoms with Crippen LogP contribution in [-0.4, -0.2) is 28.0 Å². The average Bonchev–Trinajstić information content (AvgIpc) is 2.31. The van der Waals surface area contributed by atoms with E-state index in [1.807, 2.05) is 0 Å². The maximum atomic E-state index is 9.83. The molecule has 4 N–H and O–H groups in total. The van der Waals surface area contributed by atoms with Gasteiger partial charge in [0, 0.05) is 0 Å². The molecule has 0 amide bonds. The molecule has 0 saturated carbocycles. The van der Waals surface area contributed by atoms with Gasteiger partial charge in [-0.15, -0.1) is 0 Å². The SMILES string of the molecule is NCCC(O)C(O)c1ccc(N=C=S)c(Cl)c1. The third kappa shape index (κ3) is 3.85. The van der Waals surface area contributed by atoms with Crippen LogP contribution >= 0.6 is 23.8 Å². The number of nitrogens with two attached hydrogens (primary N) is 1. The summed E-state index contributed by atoms with van der Waals surface area (Å²) in [4.78, 5) is 3.76.